The van der Waals surface area contributed by atoms with Gasteiger partial charge in [-0.15, -0.1) is 0 Å². The molecule has 1 aliphatic heterocycles. The Hall–Kier alpha value is -1.28. The van der Waals surface area contributed by atoms with Crippen molar-refractivity contribution in [3.8, 4) is 0 Å². The Morgan fingerprint density at radius 1 is 1.10 bits per heavy atom. The fourth-order valence-electron chi connectivity index (χ4n) is 2.22. The summed E-state index contributed by atoms with van der Waals surface area (Å²) in [5.74, 6) is 0. The summed E-state index contributed by atoms with van der Waals surface area (Å²) in [7, 11) is 0.839. The van der Waals surface area contributed by atoms with E-state index in [0.29, 0.717) is 5.56 Å². The number of halogens is 6. The lowest BCUT2D eigenvalue weighted by Crippen LogP contribution is -2.55. The molecule has 0 spiro atoms. The van der Waals surface area contributed by atoms with E-state index in [1.165, 1.54) is 24.3 Å². The minimum atomic E-state index is -5.78. The molecule has 1 saturated heterocycles. The zero-order valence-corrected chi connectivity index (χ0v) is 10.5. The molecule has 1 fully saturated rings. The molecule has 20 heavy (non-hydrogen) atoms. The van der Waals surface area contributed by atoms with Crippen LogP contribution in [0.25, 0.3) is 0 Å². The molecule has 2 atom stereocenters. The fraction of sp³-hybridized carbons (Fsp3) is 0.500. The van der Waals surface area contributed by atoms with Crippen molar-refractivity contribution in [3.05, 3.63) is 35.4 Å². The van der Waals surface area contributed by atoms with Gasteiger partial charge in [0.05, 0.1) is 0 Å². The molecule has 2 nitrogen and oxygen atoms in total. The van der Waals surface area contributed by atoms with Gasteiger partial charge in [0.15, 0.2) is 0 Å². The van der Waals surface area contributed by atoms with E-state index in [0.717, 1.165) is 7.05 Å². The highest BCUT2D eigenvalue weighted by Gasteiger charge is 2.81. The van der Waals surface area contributed by atoms with Crippen LogP contribution in [0.1, 0.15) is 17.2 Å². The van der Waals surface area contributed by atoms with Crippen LogP contribution in [0.2, 0.25) is 0 Å². The van der Waals surface area contributed by atoms with Crippen molar-refractivity contribution in [2.75, 3.05) is 7.05 Å². The third-order valence-corrected chi connectivity index (χ3v) is 3.23. The number of alkyl halides is 6. The van der Waals surface area contributed by atoms with Gasteiger partial charge >= 0.3 is 18.0 Å². The number of hydrogen-bond donors (Lipinski definition) is 0. The molecular formula is C12H11F6NO. The van der Waals surface area contributed by atoms with Gasteiger partial charge in [0, 0.05) is 7.05 Å². The van der Waals surface area contributed by atoms with Gasteiger partial charge in [-0.1, -0.05) is 29.8 Å². The molecule has 112 valence electrons. The van der Waals surface area contributed by atoms with Gasteiger partial charge in [0.2, 0.25) is 0 Å². The van der Waals surface area contributed by atoms with E-state index in [2.05, 4.69) is 4.84 Å². The third-order valence-electron chi connectivity index (χ3n) is 3.23. The number of hydrogen-bond acceptors (Lipinski definition) is 2. The molecule has 0 radical (unpaired) electrons. The summed E-state index contributed by atoms with van der Waals surface area (Å²) in [5.41, 5.74) is -4.35. The summed E-state index contributed by atoms with van der Waals surface area (Å²) in [4.78, 5) is 3.79. The van der Waals surface area contributed by atoms with E-state index in [4.69, 9.17) is 0 Å². The summed E-state index contributed by atoms with van der Waals surface area (Å²) < 4.78 is 79.6. The van der Waals surface area contributed by atoms with Crippen molar-refractivity contribution >= 4 is 0 Å². The van der Waals surface area contributed by atoms with E-state index in [-0.39, 0.29) is 10.6 Å². The summed E-state index contributed by atoms with van der Waals surface area (Å²) in [6, 6.07) is 2.88. The van der Waals surface area contributed by atoms with Crippen LogP contribution in [-0.2, 0) is 4.84 Å². The maximum Gasteiger partial charge on any atom is 0.433 e. The molecular weight excluding hydrogens is 288 g/mol. The minimum absolute atomic E-state index is 0.207. The van der Waals surface area contributed by atoms with Crippen LogP contribution in [0.15, 0.2) is 24.3 Å². The van der Waals surface area contributed by atoms with E-state index in [1.54, 1.807) is 6.92 Å². The number of aryl methyl sites for hydroxylation is 1. The standard InChI is InChI=1S/C12H11F6NO/c1-7-3-5-8(6-4-7)9-10(13,11(14,15)16)12(17,18)20-19(9)2/h3-6,9H,1-2H3. The molecule has 1 heterocycles. The monoisotopic (exact) mass is 299 g/mol. The predicted octanol–water partition coefficient (Wildman–Crippen LogP) is 3.78. The normalized spacial score (nSPS) is 30.7. The second-order valence-corrected chi connectivity index (χ2v) is 4.68. The Bertz CT molecular complexity index is 500. The summed E-state index contributed by atoms with van der Waals surface area (Å²) in [6.45, 7) is 1.67. The molecule has 0 amide bonds. The van der Waals surface area contributed by atoms with Crippen LogP contribution in [0.4, 0.5) is 26.3 Å². The highest BCUT2D eigenvalue weighted by molar-refractivity contribution is 5.29. The number of hydroxylamine groups is 2. The zero-order chi connectivity index (χ0) is 15.3. The summed E-state index contributed by atoms with van der Waals surface area (Å²) >= 11 is 0. The second-order valence-electron chi connectivity index (χ2n) is 4.68. The van der Waals surface area contributed by atoms with Crippen molar-refractivity contribution in [2.24, 2.45) is 0 Å². The number of benzene rings is 1. The Kier molecular flexibility index (Phi) is 3.29. The zero-order valence-electron chi connectivity index (χ0n) is 10.5. The van der Waals surface area contributed by atoms with Crippen LogP contribution in [0.3, 0.4) is 0 Å². The Labute approximate surface area is 110 Å². The molecule has 1 aliphatic rings. The minimum Gasteiger partial charge on any atom is -0.226 e. The van der Waals surface area contributed by atoms with E-state index < -0.39 is 24.0 Å². The maximum atomic E-state index is 14.3. The molecule has 1 aromatic rings. The van der Waals surface area contributed by atoms with Crippen LogP contribution in [-0.4, -0.2) is 30.1 Å². The maximum absolute atomic E-state index is 14.3. The lowest BCUT2D eigenvalue weighted by Gasteiger charge is -2.31. The average Bonchev–Trinajstić information content (AvgIpc) is 2.47. The molecule has 0 N–H and O–H groups in total. The van der Waals surface area contributed by atoms with E-state index in [9.17, 15) is 26.3 Å². The van der Waals surface area contributed by atoms with Crippen molar-refractivity contribution < 1.29 is 31.2 Å². The average molecular weight is 299 g/mol. The van der Waals surface area contributed by atoms with E-state index in [1.807, 2.05) is 0 Å². The highest BCUT2D eigenvalue weighted by atomic mass is 19.4. The van der Waals surface area contributed by atoms with Gasteiger partial charge < -0.3 is 0 Å². The SMILES string of the molecule is Cc1ccc(C2N(C)OC(F)(F)C2(F)C(F)(F)F)cc1. The van der Waals surface area contributed by atoms with Gasteiger partial charge in [0.1, 0.15) is 6.04 Å². The Morgan fingerprint density at radius 3 is 2.05 bits per heavy atom. The second kappa shape index (κ2) is 4.36. The Balaban J connectivity index is 2.57. The first-order valence-electron chi connectivity index (χ1n) is 5.62. The predicted molar refractivity (Wildman–Crippen MR) is 57.6 cm³/mol. The molecule has 0 bridgehead atoms. The smallest absolute Gasteiger partial charge is 0.226 e. The third kappa shape index (κ3) is 1.98. The lowest BCUT2D eigenvalue weighted by molar-refractivity contribution is -0.370. The number of rotatable bonds is 1. The molecule has 2 unspecified atom stereocenters. The molecule has 2 rings (SSSR count). The fourth-order valence-corrected chi connectivity index (χ4v) is 2.22. The lowest BCUT2D eigenvalue weighted by atomic mass is 9.89. The van der Waals surface area contributed by atoms with Crippen LogP contribution < -0.4 is 0 Å². The largest absolute Gasteiger partial charge is 0.433 e. The first kappa shape index (κ1) is 15.1. The first-order chi connectivity index (χ1) is 9.00. The Morgan fingerprint density at radius 2 is 1.60 bits per heavy atom. The van der Waals surface area contributed by atoms with Gasteiger partial charge in [-0.2, -0.15) is 27.0 Å². The topological polar surface area (TPSA) is 12.5 Å². The summed E-state index contributed by atoms with van der Waals surface area (Å²) in [6.07, 6.45) is -10.8. The summed E-state index contributed by atoms with van der Waals surface area (Å²) in [5, 5.41) is 0.207. The molecule has 0 aliphatic carbocycles. The van der Waals surface area contributed by atoms with Crippen molar-refractivity contribution in [2.45, 2.75) is 30.9 Å². The molecule has 0 saturated carbocycles. The van der Waals surface area contributed by atoms with Crippen LogP contribution in [0, 0.1) is 6.92 Å². The quantitative estimate of drug-likeness (QED) is 0.732. The van der Waals surface area contributed by atoms with Gasteiger partial charge in [-0.3, -0.25) is 0 Å². The molecule has 1 aromatic carbocycles. The van der Waals surface area contributed by atoms with Crippen molar-refractivity contribution in [1.82, 2.24) is 5.06 Å². The van der Waals surface area contributed by atoms with E-state index >= 15 is 0 Å². The number of nitrogens with zero attached hydrogens (tertiary/aromatic N) is 1. The molecule has 8 heteroatoms. The highest BCUT2D eigenvalue weighted by Crippen LogP contribution is 2.59. The van der Waals surface area contributed by atoms with Gasteiger partial charge in [-0.25, -0.2) is 9.23 Å². The van der Waals surface area contributed by atoms with Crippen molar-refractivity contribution in [1.29, 1.82) is 0 Å². The van der Waals surface area contributed by atoms with Gasteiger partial charge in [0.25, 0.3) is 0 Å². The van der Waals surface area contributed by atoms with Crippen LogP contribution in [0.5, 0.6) is 0 Å². The van der Waals surface area contributed by atoms with Crippen LogP contribution >= 0.6 is 0 Å². The molecule has 0 aromatic heterocycles. The van der Waals surface area contributed by atoms with Gasteiger partial charge in [-0.05, 0) is 12.5 Å². The van der Waals surface area contributed by atoms with Crippen molar-refractivity contribution in [3.63, 3.8) is 0 Å². The first-order valence-corrected chi connectivity index (χ1v) is 5.62.